The molecule has 0 bridgehead atoms. The second-order valence-electron chi connectivity index (χ2n) is 1.70. The number of hydrogen-bond donors (Lipinski definition) is 3. The Balaban J connectivity index is 3.57. The summed E-state index contributed by atoms with van der Waals surface area (Å²) in [5, 5.41) is 0. The van der Waals surface area contributed by atoms with Crippen LogP contribution in [0.1, 0.15) is 0 Å². The lowest BCUT2D eigenvalue weighted by atomic mass is 10.7. The van der Waals surface area contributed by atoms with Gasteiger partial charge in [0.25, 0.3) is 11.8 Å². The lowest BCUT2D eigenvalue weighted by Gasteiger charge is -2.09. The molecule has 76 valence electrons. The SMILES string of the molecule is O=C(NNNC(=O)C(Br)Br)C(Br)Br. The van der Waals surface area contributed by atoms with E-state index in [2.05, 4.69) is 80.1 Å². The van der Waals surface area contributed by atoms with Crippen molar-refractivity contribution < 1.29 is 9.59 Å². The number of amides is 2. The van der Waals surface area contributed by atoms with Gasteiger partial charge in [-0.25, -0.2) is 0 Å². The zero-order valence-corrected chi connectivity index (χ0v) is 12.3. The van der Waals surface area contributed by atoms with Gasteiger partial charge in [0.2, 0.25) is 0 Å². The zero-order valence-electron chi connectivity index (χ0n) is 5.98. The molecule has 0 spiro atoms. The van der Waals surface area contributed by atoms with E-state index in [0.717, 1.165) is 0 Å². The van der Waals surface area contributed by atoms with Gasteiger partial charge >= 0.3 is 0 Å². The number of carbonyl (C=O) groups is 2. The van der Waals surface area contributed by atoms with Crippen molar-refractivity contribution >= 4 is 75.5 Å². The molecule has 13 heavy (non-hydrogen) atoms. The van der Waals surface area contributed by atoms with E-state index in [4.69, 9.17) is 0 Å². The van der Waals surface area contributed by atoms with Crippen molar-refractivity contribution in [3.05, 3.63) is 0 Å². The number of halogens is 4. The molecule has 3 N–H and O–H groups in total. The molecule has 0 aromatic carbocycles. The third kappa shape index (κ3) is 6.83. The van der Waals surface area contributed by atoms with Crippen molar-refractivity contribution in [1.29, 1.82) is 0 Å². The average molecular weight is 447 g/mol. The summed E-state index contributed by atoms with van der Waals surface area (Å²) in [6.07, 6.45) is 0. The first-order chi connectivity index (χ1) is 5.95. The summed E-state index contributed by atoms with van der Waals surface area (Å²) in [5.74, 6) is -0.720. The maximum atomic E-state index is 10.9. The van der Waals surface area contributed by atoms with Gasteiger partial charge in [-0.15, -0.1) is 5.53 Å². The molecule has 0 heterocycles. The van der Waals surface area contributed by atoms with E-state index in [9.17, 15) is 9.59 Å². The molecule has 0 fully saturated rings. The Labute approximate surface area is 108 Å². The van der Waals surface area contributed by atoms with Gasteiger partial charge in [-0.3, -0.25) is 20.4 Å². The number of alkyl halides is 4. The van der Waals surface area contributed by atoms with Crippen LogP contribution in [0.25, 0.3) is 0 Å². The minimum atomic E-state index is -0.506. The highest BCUT2D eigenvalue weighted by Gasteiger charge is 2.11. The van der Waals surface area contributed by atoms with Crippen molar-refractivity contribution in [3.63, 3.8) is 0 Å². The fraction of sp³-hybridized carbons (Fsp3) is 0.500. The van der Waals surface area contributed by atoms with Crippen LogP contribution in [0.15, 0.2) is 0 Å². The smallest absolute Gasteiger partial charge is 0.260 e. The van der Waals surface area contributed by atoms with Gasteiger partial charge in [0.15, 0.2) is 0 Å². The summed E-state index contributed by atoms with van der Waals surface area (Å²) in [4.78, 5) is 21.7. The van der Waals surface area contributed by atoms with Crippen LogP contribution in [0.4, 0.5) is 0 Å². The van der Waals surface area contributed by atoms with Gasteiger partial charge in [0.05, 0.1) is 0 Å². The monoisotopic (exact) mass is 443 g/mol. The predicted molar refractivity (Wildman–Crippen MR) is 62.7 cm³/mol. The second kappa shape index (κ2) is 7.16. The molecular formula is C4H5Br4N3O2. The molecule has 0 radical (unpaired) electrons. The molecule has 0 aromatic heterocycles. The molecule has 0 atom stereocenters. The van der Waals surface area contributed by atoms with Crippen molar-refractivity contribution in [2.75, 3.05) is 0 Å². The fourth-order valence-electron chi connectivity index (χ4n) is 0.264. The second-order valence-corrected chi connectivity index (χ2v) is 7.83. The van der Waals surface area contributed by atoms with Crippen LogP contribution in [-0.4, -0.2) is 19.3 Å². The van der Waals surface area contributed by atoms with Crippen molar-refractivity contribution in [1.82, 2.24) is 16.4 Å². The van der Waals surface area contributed by atoms with Gasteiger partial charge < -0.3 is 0 Å². The van der Waals surface area contributed by atoms with Gasteiger partial charge in [0.1, 0.15) is 7.47 Å². The van der Waals surface area contributed by atoms with Crippen LogP contribution in [0.5, 0.6) is 0 Å². The minimum Gasteiger partial charge on any atom is -0.272 e. The van der Waals surface area contributed by atoms with Crippen LogP contribution < -0.4 is 16.4 Å². The maximum absolute atomic E-state index is 10.9. The largest absolute Gasteiger partial charge is 0.272 e. The van der Waals surface area contributed by atoms with Crippen LogP contribution in [0, 0.1) is 0 Å². The van der Waals surface area contributed by atoms with Crippen LogP contribution in [0.2, 0.25) is 0 Å². The summed E-state index contributed by atoms with van der Waals surface area (Å²) in [5.41, 5.74) is 6.65. The van der Waals surface area contributed by atoms with Crippen LogP contribution in [0.3, 0.4) is 0 Å². The summed E-state index contributed by atoms with van der Waals surface area (Å²) < 4.78 is -1.01. The first kappa shape index (κ1) is 13.8. The first-order valence-corrected chi connectivity index (χ1v) is 6.52. The Hall–Kier alpha value is 0.820. The Morgan fingerprint density at radius 3 is 1.38 bits per heavy atom. The van der Waals surface area contributed by atoms with Crippen molar-refractivity contribution in [3.8, 4) is 0 Å². The number of hydrogen-bond acceptors (Lipinski definition) is 3. The summed E-state index contributed by atoms with van der Waals surface area (Å²) >= 11 is 11.9. The maximum Gasteiger partial charge on any atom is 0.260 e. The van der Waals surface area contributed by atoms with E-state index in [1.165, 1.54) is 0 Å². The molecule has 0 unspecified atom stereocenters. The quantitative estimate of drug-likeness (QED) is 0.443. The molecule has 0 aliphatic carbocycles. The van der Waals surface area contributed by atoms with Gasteiger partial charge in [-0.2, -0.15) is 0 Å². The third-order valence-corrected chi connectivity index (χ3v) is 2.43. The molecule has 0 aliphatic rings. The van der Waals surface area contributed by atoms with E-state index < -0.39 is 7.47 Å². The Kier molecular flexibility index (Phi) is 7.61. The molecule has 2 amide bonds. The lowest BCUT2D eigenvalue weighted by molar-refractivity contribution is -0.122. The summed E-state index contributed by atoms with van der Waals surface area (Å²) in [7, 11) is 0. The van der Waals surface area contributed by atoms with Gasteiger partial charge in [-0.05, 0) is 0 Å². The highest BCUT2D eigenvalue weighted by molar-refractivity contribution is 9.25. The normalized spacial score (nSPS) is 10.3. The predicted octanol–water partition coefficient (Wildman–Crippen LogP) is 0.870. The minimum absolute atomic E-state index is 0.360. The molecule has 9 heteroatoms. The van der Waals surface area contributed by atoms with Gasteiger partial charge in [-0.1, -0.05) is 63.7 Å². The molecule has 0 rings (SSSR count). The highest BCUT2D eigenvalue weighted by Crippen LogP contribution is 2.07. The topological polar surface area (TPSA) is 70.2 Å². The third-order valence-electron chi connectivity index (χ3n) is 0.768. The van der Waals surface area contributed by atoms with E-state index in [-0.39, 0.29) is 11.8 Å². The Morgan fingerprint density at radius 1 is 0.846 bits per heavy atom. The molecule has 0 aromatic rings. The van der Waals surface area contributed by atoms with Crippen LogP contribution >= 0.6 is 63.7 Å². The Morgan fingerprint density at radius 2 is 1.15 bits per heavy atom. The van der Waals surface area contributed by atoms with Crippen LogP contribution in [-0.2, 0) is 9.59 Å². The number of hydrazine groups is 2. The highest BCUT2D eigenvalue weighted by atomic mass is 79.9. The van der Waals surface area contributed by atoms with Crippen molar-refractivity contribution in [2.45, 2.75) is 7.47 Å². The van der Waals surface area contributed by atoms with Crippen molar-refractivity contribution in [2.24, 2.45) is 0 Å². The average Bonchev–Trinajstić information content (AvgIpc) is 2.03. The fourth-order valence-corrected chi connectivity index (χ4v) is 0.721. The molecule has 0 aliphatic heterocycles. The lowest BCUT2D eigenvalue weighted by Crippen LogP contribution is -2.51. The summed E-state index contributed by atoms with van der Waals surface area (Å²) in [6.45, 7) is 0. The van der Waals surface area contributed by atoms with E-state index >= 15 is 0 Å². The van der Waals surface area contributed by atoms with E-state index in [1.807, 2.05) is 0 Å². The Bertz CT molecular complexity index is 178. The number of rotatable bonds is 4. The molecule has 5 nitrogen and oxygen atoms in total. The van der Waals surface area contributed by atoms with E-state index in [1.54, 1.807) is 0 Å². The number of nitrogens with one attached hydrogen (secondary N) is 3. The zero-order chi connectivity index (χ0) is 10.4. The molecular weight excluding hydrogens is 442 g/mol. The molecule has 0 saturated carbocycles. The summed E-state index contributed by atoms with van der Waals surface area (Å²) in [6, 6.07) is 0. The number of carbonyl (C=O) groups excluding carboxylic acids is 2. The van der Waals surface area contributed by atoms with Gasteiger partial charge in [0, 0.05) is 0 Å². The first-order valence-electron chi connectivity index (χ1n) is 2.86. The van der Waals surface area contributed by atoms with E-state index in [0.29, 0.717) is 0 Å². The standard InChI is InChI=1S/C4H5Br4N3O2/c5-1(6)3(12)9-11-10-4(13)2(7)8/h1-2,11H,(H,9,12)(H,10,13). The molecule has 0 saturated heterocycles.